The first-order valence-electron chi connectivity index (χ1n) is 7.51. The Morgan fingerprint density at radius 3 is 2.58 bits per heavy atom. The summed E-state index contributed by atoms with van der Waals surface area (Å²) in [6.45, 7) is 4.44. The Balaban J connectivity index is 2.51. The van der Waals surface area contributed by atoms with Gasteiger partial charge in [0.15, 0.2) is 0 Å². The highest BCUT2D eigenvalue weighted by Gasteiger charge is 2.14. The maximum atomic E-state index is 10.3. The quantitative estimate of drug-likeness (QED) is 0.724. The summed E-state index contributed by atoms with van der Waals surface area (Å²) in [5.74, 6) is 1.52. The topological polar surface area (TPSA) is 29.5 Å². The van der Waals surface area contributed by atoms with Crippen molar-refractivity contribution in [2.45, 2.75) is 58.5 Å². The molecule has 0 aromatic heterocycles. The third kappa shape index (κ3) is 5.65. The molecular weight excluding hydrogens is 236 g/mol. The number of benzene rings is 1. The van der Waals surface area contributed by atoms with Gasteiger partial charge in [0.25, 0.3) is 0 Å². The first kappa shape index (κ1) is 16.0. The van der Waals surface area contributed by atoms with E-state index in [1.807, 2.05) is 24.3 Å². The van der Waals surface area contributed by atoms with Gasteiger partial charge in [-0.1, -0.05) is 57.7 Å². The molecule has 0 saturated heterocycles. The Labute approximate surface area is 117 Å². The predicted octanol–water partition coefficient (Wildman–Crippen LogP) is 4.21. The first-order valence-corrected chi connectivity index (χ1v) is 7.51. The van der Waals surface area contributed by atoms with E-state index >= 15 is 0 Å². The Morgan fingerprint density at radius 1 is 1.21 bits per heavy atom. The van der Waals surface area contributed by atoms with E-state index in [4.69, 9.17) is 4.74 Å². The number of para-hydroxylation sites is 1. The molecule has 0 bridgehead atoms. The average Bonchev–Trinajstić information content (AvgIpc) is 2.44. The van der Waals surface area contributed by atoms with Gasteiger partial charge in [0.1, 0.15) is 5.75 Å². The molecule has 1 aromatic carbocycles. The van der Waals surface area contributed by atoms with Crippen molar-refractivity contribution in [2.75, 3.05) is 7.11 Å². The van der Waals surface area contributed by atoms with Gasteiger partial charge >= 0.3 is 0 Å². The van der Waals surface area contributed by atoms with Gasteiger partial charge in [-0.25, -0.2) is 0 Å². The maximum Gasteiger partial charge on any atom is 0.122 e. The SMILES string of the molecule is CCCCC(CC)CC(O)Cc1ccccc1OC. The molecule has 0 fully saturated rings. The molecule has 2 heteroatoms. The number of hydrogen-bond donors (Lipinski definition) is 1. The van der Waals surface area contributed by atoms with Crippen molar-refractivity contribution in [1.29, 1.82) is 0 Å². The summed E-state index contributed by atoms with van der Waals surface area (Å²) in [5, 5.41) is 10.3. The number of rotatable bonds is 9. The second-order valence-electron chi connectivity index (χ2n) is 5.32. The van der Waals surface area contributed by atoms with E-state index in [-0.39, 0.29) is 6.10 Å². The number of methoxy groups -OCH3 is 1. The largest absolute Gasteiger partial charge is 0.496 e. The number of unbranched alkanes of at least 4 members (excludes halogenated alkanes) is 1. The van der Waals surface area contributed by atoms with Crippen LogP contribution in [0.5, 0.6) is 5.75 Å². The summed E-state index contributed by atoms with van der Waals surface area (Å²) in [4.78, 5) is 0. The van der Waals surface area contributed by atoms with Crippen LogP contribution in [-0.4, -0.2) is 18.3 Å². The molecule has 0 saturated carbocycles. The smallest absolute Gasteiger partial charge is 0.122 e. The van der Waals surface area contributed by atoms with Crippen LogP contribution in [0.15, 0.2) is 24.3 Å². The molecule has 19 heavy (non-hydrogen) atoms. The summed E-state index contributed by atoms with van der Waals surface area (Å²) in [5.41, 5.74) is 1.10. The third-order valence-corrected chi connectivity index (χ3v) is 3.80. The van der Waals surface area contributed by atoms with Gasteiger partial charge < -0.3 is 9.84 Å². The van der Waals surface area contributed by atoms with Crippen LogP contribution in [-0.2, 0) is 6.42 Å². The minimum absolute atomic E-state index is 0.266. The number of ether oxygens (including phenoxy) is 1. The van der Waals surface area contributed by atoms with Crippen molar-refractivity contribution >= 4 is 0 Å². The molecule has 0 heterocycles. The highest BCUT2D eigenvalue weighted by molar-refractivity contribution is 5.33. The van der Waals surface area contributed by atoms with Gasteiger partial charge in [-0.2, -0.15) is 0 Å². The molecule has 0 spiro atoms. The van der Waals surface area contributed by atoms with Gasteiger partial charge in [-0.3, -0.25) is 0 Å². The summed E-state index contributed by atoms with van der Waals surface area (Å²) in [7, 11) is 1.68. The van der Waals surface area contributed by atoms with Crippen LogP contribution in [0, 0.1) is 5.92 Å². The second kappa shape index (κ2) is 8.98. The van der Waals surface area contributed by atoms with Gasteiger partial charge in [-0.15, -0.1) is 0 Å². The van der Waals surface area contributed by atoms with E-state index < -0.39 is 0 Å². The maximum absolute atomic E-state index is 10.3. The van der Waals surface area contributed by atoms with E-state index in [1.165, 1.54) is 19.3 Å². The van der Waals surface area contributed by atoms with Crippen molar-refractivity contribution in [3.63, 3.8) is 0 Å². The zero-order valence-electron chi connectivity index (χ0n) is 12.6. The zero-order chi connectivity index (χ0) is 14.1. The molecule has 1 N–H and O–H groups in total. The van der Waals surface area contributed by atoms with Crippen LogP contribution in [0.1, 0.15) is 51.5 Å². The lowest BCUT2D eigenvalue weighted by Gasteiger charge is -2.19. The van der Waals surface area contributed by atoms with Crippen LogP contribution in [0.2, 0.25) is 0 Å². The van der Waals surface area contributed by atoms with E-state index in [0.717, 1.165) is 24.2 Å². The van der Waals surface area contributed by atoms with Crippen LogP contribution < -0.4 is 4.74 Å². The molecule has 1 aromatic rings. The Hall–Kier alpha value is -1.02. The Kier molecular flexibility index (Phi) is 7.57. The van der Waals surface area contributed by atoms with Crippen molar-refractivity contribution in [3.05, 3.63) is 29.8 Å². The number of aliphatic hydroxyl groups excluding tert-OH is 1. The minimum Gasteiger partial charge on any atom is -0.496 e. The molecule has 0 radical (unpaired) electrons. The molecular formula is C17H28O2. The monoisotopic (exact) mass is 264 g/mol. The minimum atomic E-state index is -0.266. The van der Waals surface area contributed by atoms with Gasteiger partial charge in [0, 0.05) is 6.42 Å². The summed E-state index contributed by atoms with van der Waals surface area (Å²) in [6, 6.07) is 7.95. The average molecular weight is 264 g/mol. The molecule has 0 aliphatic heterocycles. The Morgan fingerprint density at radius 2 is 1.95 bits per heavy atom. The molecule has 0 aliphatic carbocycles. The molecule has 108 valence electrons. The molecule has 1 rings (SSSR count). The lowest BCUT2D eigenvalue weighted by Crippen LogP contribution is -2.16. The molecule has 2 atom stereocenters. The normalized spacial score (nSPS) is 14.1. The fourth-order valence-electron chi connectivity index (χ4n) is 2.58. The standard InChI is InChI=1S/C17H28O2/c1-4-6-9-14(5-2)12-16(18)13-15-10-7-8-11-17(15)19-3/h7-8,10-11,14,16,18H,4-6,9,12-13H2,1-3H3. The van der Waals surface area contributed by atoms with E-state index in [2.05, 4.69) is 13.8 Å². The number of hydrogen-bond acceptors (Lipinski definition) is 2. The molecule has 0 aliphatic rings. The van der Waals surface area contributed by atoms with Crippen LogP contribution in [0.4, 0.5) is 0 Å². The zero-order valence-corrected chi connectivity index (χ0v) is 12.6. The molecule has 2 nitrogen and oxygen atoms in total. The van der Waals surface area contributed by atoms with Gasteiger partial charge in [0.2, 0.25) is 0 Å². The Bertz CT molecular complexity index is 349. The van der Waals surface area contributed by atoms with E-state index in [0.29, 0.717) is 12.3 Å². The third-order valence-electron chi connectivity index (χ3n) is 3.80. The summed E-state index contributed by atoms with van der Waals surface area (Å²) < 4.78 is 5.33. The van der Waals surface area contributed by atoms with Crippen LogP contribution in [0.3, 0.4) is 0 Å². The van der Waals surface area contributed by atoms with Crippen molar-refractivity contribution in [2.24, 2.45) is 5.92 Å². The highest BCUT2D eigenvalue weighted by Crippen LogP contribution is 2.23. The fraction of sp³-hybridized carbons (Fsp3) is 0.647. The van der Waals surface area contributed by atoms with Crippen LogP contribution in [0.25, 0.3) is 0 Å². The molecule has 2 unspecified atom stereocenters. The van der Waals surface area contributed by atoms with Gasteiger partial charge in [-0.05, 0) is 24.0 Å². The fourth-order valence-corrected chi connectivity index (χ4v) is 2.58. The summed E-state index contributed by atoms with van der Waals surface area (Å²) >= 11 is 0. The van der Waals surface area contributed by atoms with Crippen molar-refractivity contribution < 1.29 is 9.84 Å². The van der Waals surface area contributed by atoms with E-state index in [1.54, 1.807) is 7.11 Å². The predicted molar refractivity (Wildman–Crippen MR) is 80.6 cm³/mol. The molecule has 0 amide bonds. The lowest BCUT2D eigenvalue weighted by molar-refractivity contribution is 0.137. The summed E-state index contributed by atoms with van der Waals surface area (Å²) in [6.07, 6.45) is 6.21. The lowest BCUT2D eigenvalue weighted by atomic mass is 9.91. The van der Waals surface area contributed by atoms with Crippen LogP contribution >= 0.6 is 0 Å². The van der Waals surface area contributed by atoms with Crippen molar-refractivity contribution in [3.8, 4) is 5.75 Å². The van der Waals surface area contributed by atoms with E-state index in [9.17, 15) is 5.11 Å². The van der Waals surface area contributed by atoms with Crippen molar-refractivity contribution in [1.82, 2.24) is 0 Å². The highest BCUT2D eigenvalue weighted by atomic mass is 16.5. The number of aliphatic hydroxyl groups is 1. The first-order chi connectivity index (χ1) is 9.21. The van der Waals surface area contributed by atoms with Gasteiger partial charge in [0.05, 0.1) is 13.2 Å². The second-order valence-corrected chi connectivity index (χ2v) is 5.32.